The minimum atomic E-state index is -3.29. The minimum absolute atomic E-state index is 0.0398. The standard InChI is InChI=1S/C21H25ClN2O4S/c1-16-4-9-19(14-20(16)22)28-13-10-23-21(25)18-7-5-17(6-8-18)15-29(26,27)24-11-2-3-12-24/h4-9,14H,2-3,10-13,15H2,1H3,(H,23,25). The Balaban J connectivity index is 1.46. The zero-order valence-corrected chi connectivity index (χ0v) is 17.9. The van der Waals surface area contributed by atoms with Crippen LogP contribution in [-0.2, 0) is 15.8 Å². The van der Waals surface area contributed by atoms with Crippen LogP contribution in [0.1, 0.15) is 34.3 Å². The fourth-order valence-electron chi connectivity index (χ4n) is 3.12. The molecule has 0 atom stereocenters. The Morgan fingerprint density at radius 2 is 1.83 bits per heavy atom. The van der Waals surface area contributed by atoms with Crippen molar-refractivity contribution in [1.82, 2.24) is 9.62 Å². The van der Waals surface area contributed by atoms with Gasteiger partial charge in [0.1, 0.15) is 12.4 Å². The van der Waals surface area contributed by atoms with Gasteiger partial charge >= 0.3 is 0 Å². The van der Waals surface area contributed by atoms with Crippen LogP contribution in [-0.4, -0.2) is 44.9 Å². The molecule has 0 aromatic heterocycles. The van der Waals surface area contributed by atoms with Crippen molar-refractivity contribution in [1.29, 1.82) is 0 Å². The fourth-order valence-corrected chi connectivity index (χ4v) is 4.90. The highest BCUT2D eigenvalue weighted by Gasteiger charge is 2.25. The molecule has 0 saturated carbocycles. The maximum atomic E-state index is 12.4. The van der Waals surface area contributed by atoms with E-state index in [1.54, 1.807) is 30.3 Å². The molecule has 1 saturated heterocycles. The van der Waals surface area contributed by atoms with Crippen LogP contribution in [0.15, 0.2) is 42.5 Å². The number of halogens is 1. The number of aryl methyl sites for hydroxylation is 1. The molecular formula is C21H25ClN2O4S. The Bertz CT molecular complexity index is 955. The van der Waals surface area contributed by atoms with E-state index in [-0.39, 0.29) is 11.7 Å². The van der Waals surface area contributed by atoms with E-state index in [2.05, 4.69) is 5.32 Å². The lowest BCUT2D eigenvalue weighted by Gasteiger charge is -2.15. The van der Waals surface area contributed by atoms with Crippen LogP contribution in [0.25, 0.3) is 0 Å². The molecule has 0 aliphatic carbocycles. The molecular weight excluding hydrogens is 412 g/mol. The molecule has 29 heavy (non-hydrogen) atoms. The summed E-state index contributed by atoms with van der Waals surface area (Å²) in [6.45, 7) is 3.77. The van der Waals surface area contributed by atoms with Gasteiger partial charge in [0.15, 0.2) is 0 Å². The summed E-state index contributed by atoms with van der Waals surface area (Å²) in [4.78, 5) is 12.2. The Kier molecular flexibility index (Phi) is 7.16. The summed E-state index contributed by atoms with van der Waals surface area (Å²) in [7, 11) is -3.29. The van der Waals surface area contributed by atoms with Gasteiger partial charge in [0, 0.05) is 23.7 Å². The van der Waals surface area contributed by atoms with Crippen LogP contribution >= 0.6 is 11.6 Å². The fraction of sp³-hybridized carbons (Fsp3) is 0.381. The molecule has 2 aromatic rings. The number of nitrogens with zero attached hydrogens (tertiary/aromatic N) is 1. The van der Waals surface area contributed by atoms with E-state index in [0.717, 1.165) is 18.4 Å². The summed E-state index contributed by atoms with van der Waals surface area (Å²) < 4.78 is 31.9. The quantitative estimate of drug-likeness (QED) is 0.643. The summed E-state index contributed by atoms with van der Waals surface area (Å²) in [6, 6.07) is 12.1. The Morgan fingerprint density at radius 1 is 1.14 bits per heavy atom. The van der Waals surface area contributed by atoms with Crippen LogP contribution in [0, 0.1) is 6.92 Å². The number of hydrogen-bond acceptors (Lipinski definition) is 4. The van der Waals surface area contributed by atoms with Gasteiger partial charge in [0.25, 0.3) is 5.91 Å². The number of amides is 1. The van der Waals surface area contributed by atoms with Crippen molar-refractivity contribution < 1.29 is 17.9 Å². The maximum absolute atomic E-state index is 12.4. The zero-order valence-electron chi connectivity index (χ0n) is 16.4. The van der Waals surface area contributed by atoms with E-state index in [1.165, 1.54) is 4.31 Å². The first-order valence-corrected chi connectivity index (χ1v) is 11.6. The second-order valence-corrected chi connectivity index (χ2v) is 9.45. The predicted molar refractivity (Wildman–Crippen MR) is 114 cm³/mol. The van der Waals surface area contributed by atoms with Crippen LogP contribution in [0.2, 0.25) is 5.02 Å². The molecule has 0 spiro atoms. The van der Waals surface area contributed by atoms with Gasteiger partial charge in [-0.05, 0) is 55.2 Å². The molecule has 1 heterocycles. The van der Waals surface area contributed by atoms with Crippen LogP contribution < -0.4 is 10.1 Å². The SMILES string of the molecule is Cc1ccc(OCCNC(=O)c2ccc(CS(=O)(=O)N3CCCC3)cc2)cc1Cl. The van der Waals surface area contributed by atoms with Gasteiger partial charge < -0.3 is 10.1 Å². The summed E-state index contributed by atoms with van der Waals surface area (Å²) >= 11 is 6.06. The van der Waals surface area contributed by atoms with E-state index < -0.39 is 10.0 Å². The first-order chi connectivity index (χ1) is 13.8. The molecule has 1 aliphatic heterocycles. The first kappa shape index (κ1) is 21.6. The van der Waals surface area contributed by atoms with Crippen molar-refractivity contribution in [3.63, 3.8) is 0 Å². The van der Waals surface area contributed by atoms with Crippen molar-refractivity contribution in [3.05, 3.63) is 64.2 Å². The lowest BCUT2D eigenvalue weighted by molar-refractivity contribution is 0.0947. The highest BCUT2D eigenvalue weighted by molar-refractivity contribution is 7.88. The molecule has 6 nitrogen and oxygen atoms in total. The van der Waals surface area contributed by atoms with Crippen molar-refractivity contribution >= 4 is 27.5 Å². The normalized spacial score (nSPS) is 14.7. The van der Waals surface area contributed by atoms with Gasteiger partial charge in [-0.2, -0.15) is 0 Å². The lowest BCUT2D eigenvalue weighted by Crippen LogP contribution is -2.29. The molecule has 1 aliphatic rings. The lowest BCUT2D eigenvalue weighted by atomic mass is 10.1. The molecule has 0 bridgehead atoms. The number of carbonyl (C=O) groups excluding carboxylic acids is 1. The van der Waals surface area contributed by atoms with E-state index in [4.69, 9.17) is 16.3 Å². The molecule has 0 radical (unpaired) electrons. The van der Waals surface area contributed by atoms with Crippen molar-refractivity contribution in [2.75, 3.05) is 26.2 Å². The Hall–Kier alpha value is -2.09. The number of carbonyl (C=O) groups is 1. The molecule has 8 heteroatoms. The maximum Gasteiger partial charge on any atom is 0.251 e. The largest absolute Gasteiger partial charge is 0.492 e. The van der Waals surface area contributed by atoms with E-state index in [1.807, 2.05) is 19.1 Å². The van der Waals surface area contributed by atoms with Crippen molar-refractivity contribution in [2.45, 2.75) is 25.5 Å². The second-order valence-electron chi connectivity index (χ2n) is 7.07. The average molecular weight is 437 g/mol. The van der Waals surface area contributed by atoms with E-state index in [9.17, 15) is 13.2 Å². The molecule has 3 rings (SSSR count). The molecule has 1 fully saturated rings. The summed E-state index contributed by atoms with van der Waals surface area (Å²) in [5.41, 5.74) is 2.13. The van der Waals surface area contributed by atoms with Crippen LogP contribution in [0.4, 0.5) is 0 Å². The molecule has 2 aromatic carbocycles. The summed E-state index contributed by atoms with van der Waals surface area (Å²) in [6.07, 6.45) is 1.83. The predicted octanol–water partition coefficient (Wildman–Crippen LogP) is 3.38. The molecule has 1 amide bonds. The number of hydrogen-bond donors (Lipinski definition) is 1. The molecule has 156 valence electrons. The van der Waals surface area contributed by atoms with E-state index in [0.29, 0.717) is 48.1 Å². The zero-order chi connectivity index (χ0) is 20.9. The third-order valence-corrected chi connectivity index (χ3v) is 7.08. The molecule has 1 N–H and O–H groups in total. The second kappa shape index (κ2) is 9.61. The third-order valence-electron chi connectivity index (χ3n) is 4.82. The highest BCUT2D eigenvalue weighted by atomic mass is 35.5. The number of sulfonamides is 1. The monoisotopic (exact) mass is 436 g/mol. The average Bonchev–Trinajstić information content (AvgIpc) is 3.24. The van der Waals surface area contributed by atoms with Gasteiger partial charge in [-0.25, -0.2) is 12.7 Å². The van der Waals surface area contributed by atoms with Gasteiger partial charge in [-0.15, -0.1) is 0 Å². The number of nitrogens with one attached hydrogen (secondary N) is 1. The summed E-state index contributed by atoms with van der Waals surface area (Å²) in [5, 5.41) is 3.42. The van der Waals surface area contributed by atoms with Gasteiger partial charge in [-0.1, -0.05) is 29.8 Å². The number of ether oxygens (including phenoxy) is 1. The van der Waals surface area contributed by atoms with Crippen molar-refractivity contribution in [3.8, 4) is 5.75 Å². The Labute approximate surface area is 176 Å². The molecule has 0 unspecified atom stereocenters. The number of benzene rings is 2. The Morgan fingerprint density at radius 3 is 2.48 bits per heavy atom. The van der Waals surface area contributed by atoms with Crippen LogP contribution in [0.3, 0.4) is 0 Å². The van der Waals surface area contributed by atoms with Crippen molar-refractivity contribution in [2.24, 2.45) is 0 Å². The third kappa shape index (κ3) is 5.95. The smallest absolute Gasteiger partial charge is 0.251 e. The van der Waals surface area contributed by atoms with Gasteiger partial charge in [0.05, 0.1) is 12.3 Å². The minimum Gasteiger partial charge on any atom is -0.492 e. The summed E-state index contributed by atoms with van der Waals surface area (Å²) in [5.74, 6) is 0.380. The number of rotatable bonds is 8. The van der Waals surface area contributed by atoms with Gasteiger partial charge in [-0.3, -0.25) is 4.79 Å². The highest BCUT2D eigenvalue weighted by Crippen LogP contribution is 2.21. The first-order valence-electron chi connectivity index (χ1n) is 9.59. The van der Waals surface area contributed by atoms with Gasteiger partial charge in [0.2, 0.25) is 10.0 Å². The topological polar surface area (TPSA) is 75.7 Å². The van der Waals surface area contributed by atoms with E-state index >= 15 is 0 Å². The van der Waals surface area contributed by atoms with Crippen LogP contribution in [0.5, 0.6) is 5.75 Å².